The minimum absolute atomic E-state index is 0.127. The lowest BCUT2D eigenvalue weighted by atomic mass is 10.4. The van der Waals surface area contributed by atoms with Crippen LogP contribution < -0.4 is 0 Å². The van der Waals surface area contributed by atoms with Crippen LogP contribution in [-0.2, 0) is 24.2 Å². The molecule has 1 aromatic rings. The average molecular weight is 323 g/mol. The van der Waals surface area contributed by atoms with E-state index in [9.17, 15) is 18.0 Å². The minimum atomic E-state index is -3.45. The largest absolute Gasteiger partial charge is 0.466 e. The number of carbonyl (C=O) groups excluding carboxylic acids is 2. The van der Waals surface area contributed by atoms with E-state index >= 15 is 0 Å². The second kappa shape index (κ2) is 6.74. The number of hydrogen-bond donors (Lipinski definition) is 0. The molecule has 0 saturated carbocycles. The van der Waals surface area contributed by atoms with E-state index in [0.717, 1.165) is 12.2 Å². The summed E-state index contributed by atoms with van der Waals surface area (Å²) >= 11 is 0. The zero-order chi connectivity index (χ0) is 16.2. The van der Waals surface area contributed by atoms with Crippen molar-refractivity contribution in [2.75, 3.05) is 20.2 Å². The van der Waals surface area contributed by atoms with Gasteiger partial charge in [-0.3, -0.25) is 4.79 Å². The molecule has 118 valence electrons. The summed E-state index contributed by atoms with van der Waals surface area (Å²) in [6, 6.07) is 8.20. The Labute approximate surface area is 129 Å². The standard InChI is InChI=1S/C15H17NO5S/c1-21-15(18)8-7-14(17)16-10-9-13(11-16)22(19,20)12-5-3-2-4-6-12/h2-8,13H,9-11H2,1H3/b8-7+. The summed E-state index contributed by atoms with van der Waals surface area (Å²) < 4.78 is 29.4. The molecular weight excluding hydrogens is 306 g/mol. The van der Waals surface area contributed by atoms with Crippen LogP contribution in [0.5, 0.6) is 0 Å². The van der Waals surface area contributed by atoms with Gasteiger partial charge in [-0.15, -0.1) is 0 Å². The first kappa shape index (κ1) is 16.2. The molecule has 0 aromatic heterocycles. The Balaban J connectivity index is 2.05. The van der Waals surface area contributed by atoms with Crippen molar-refractivity contribution in [3.05, 3.63) is 42.5 Å². The summed E-state index contributed by atoms with van der Waals surface area (Å²) in [6.45, 7) is 0.475. The fraction of sp³-hybridized carbons (Fsp3) is 0.333. The number of ether oxygens (including phenoxy) is 1. The number of sulfone groups is 1. The first-order valence-corrected chi connectivity index (χ1v) is 8.33. The Morgan fingerprint density at radius 1 is 1.23 bits per heavy atom. The molecule has 0 spiro atoms. The third kappa shape index (κ3) is 3.54. The van der Waals surface area contributed by atoms with E-state index in [1.165, 1.54) is 12.0 Å². The van der Waals surface area contributed by atoms with Crippen molar-refractivity contribution in [3.8, 4) is 0 Å². The molecule has 22 heavy (non-hydrogen) atoms. The zero-order valence-electron chi connectivity index (χ0n) is 12.1. The molecule has 1 fully saturated rings. The normalized spacial score (nSPS) is 18.6. The molecule has 1 aliphatic rings. The van der Waals surface area contributed by atoms with Crippen molar-refractivity contribution in [2.45, 2.75) is 16.6 Å². The van der Waals surface area contributed by atoms with Crippen LogP contribution in [0.2, 0.25) is 0 Å². The number of esters is 1. The smallest absolute Gasteiger partial charge is 0.330 e. The van der Waals surface area contributed by atoms with Crippen molar-refractivity contribution >= 4 is 21.7 Å². The molecule has 1 saturated heterocycles. The minimum Gasteiger partial charge on any atom is -0.466 e. The van der Waals surface area contributed by atoms with Crippen molar-refractivity contribution in [3.63, 3.8) is 0 Å². The first-order valence-electron chi connectivity index (χ1n) is 6.79. The fourth-order valence-corrected chi connectivity index (χ4v) is 4.01. The van der Waals surface area contributed by atoms with E-state index < -0.39 is 27.0 Å². The van der Waals surface area contributed by atoms with Gasteiger partial charge in [0.1, 0.15) is 0 Å². The van der Waals surface area contributed by atoms with E-state index in [-0.39, 0.29) is 11.4 Å². The van der Waals surface area contributed by atoms with Crippen molar-refractivity contribution < 1.29 is 22.7 Å². The highest BCUT2D eigenvalue weighted by atomic mass is 32.2. The van der Waals surface area contributed by atoms with Crippen molar-refractivity contribution in [1.29, 1.82) is 0 Å². The molecule has 1 heterocycles. The van der Waals surface area contributed by atoms with Crippen LogP contribution in [0.3, 0.4) is 0 Å². The summed E-state index contributed by atoms with van der Waals surface area (Å²) in [5.41, 5.74) is 0. The van der Waals surface area contributed by atoms with Gasteiger partial charge < -0.3 is 9.64 Å². The Hall–Kier alpha value is -2.15. The summed E-state index contributed by atoms with van der Waals surface area (Å²) in [7, 11) is -2.23. The van der Waals surface area contributed by atoms with Gasteiger partial charge in [-0.1, -0.05) is 18.2 Å². The Morgan fingerprint density at radius 3 is 2.55 bits per heavy atom. The lowest BCUT2D eigenvalue weighted by molar-refractivity contribution is -0.135. The van der Waals surface area contributed by atoms with Crippen molar-refractivity contribution in [1.82, 2.24) is 4.90 Å². The quantitative estimate of drug-likeness (QED) is 0.604. The van der Waals surface area contributed by atoms with Gasteiger partial charge in [-0.2, -0.15) is 0 Å². The van der Waals surface area contributed by atoms with Crippen LogP contribution in [0.1, 0.15) is 6.42 Å². The maximum absolute atomic E-state index is 12.5. The molecule has 1 aliphatic heterocycles. The summed E-state index contributed by atoms with van der Waals surface area (Å²) in [5.74, 6) is -1.02. The number of likely N-dealkylation sites (tertiary alicyclic amines) is 1. The van der Waals surface area contributed by atoms with Crippen LogP contribution in [-0.4, -0.2) is 50.6 Å². The molecule has 1 amide bonds. The second-order valence-electron chi connectivity index (χ2n) is 4.91. The number of amides is 1. The van der Waals surface area contributed by atoms with E-state index in [2.05, 4.69) is 4.74 Å². The van der Waals surface area contributed by atoms with Crippen LogP contribution in [0, 0.1) is 0 Å². The molecule has 0 radical (unpaired) electrons. The lowest BCUT2D eigenvalue weighted by Crippen LogP contribution is -2.30. The summed E-state index contributed by atoms with van der Waals surface area (Å²) in [6.07, 6.45) is 2.51. The monoisotopic (exact) mass is 323 g/mol. The van der Waals surface area contributed by atoms with Crippen molar-refractivity contribution in [2.24, 2.45) is 0 Å². The van der Waals surface area contributed by atoms with Gasteiger partial charge in [0.2, 0.25) is 5.91 Å². The molecule has 1 aromatic carbocycles. The van der Waals surface area contributed by atoms with Crippen LogP contribution in [0.25, 0.3) is 0 Å². The van der Waals surface area contributed by atoms with Gasteiger partial charge in [0.05, 0.1) is 17.3 Å². The van der Waals surface area contributed by atoms with Gasteiger partial charge in [0.25, 0.3) is 0 Å². The average Bonchev–Trinajstić information content (AvgIpc) is 3.04. The first-order chi connectivity index (χ1) is 10.4. The zero-order valence-corrected chi connectivity index (χ0v) is 13.0. The van der Waals surface area contributed by atoms with Gasteiger partial charge in [0.15, 0.2) is 9.84 Å². The number of methoxy groups -OCH3 is 1. The van der Waals surface area contributed by atoms with E-state index in [4.69, 9.17) is 0 Å². The highest BCUT2D eigenvalue weighted by molar-refractivity contribution is 7.92. The Bertz CT molecular complexity index is 681. The molecule has 1 atom stereocenters. The van der Waals surface area contributed by atoms with Crippen LogP contribution >= 0.6 is 0 Å². The fourth-order valence-electron chi connectivity index (χ4n) is 2.30. The predicted octanol–water partition coefficient (Wildman–Crippen LogP) is 0.790. The maximum atomic E-state index is 12.5. The Kier molecular flexibility index (Phi) is 4.97. The summed E-state index contributed by atoms with van der Waals surface area (Å²) in [4.78, 5) is 24.6. The topological polar surface area (TPSA) is 80.8 Å². The number of rotatable bonds is 4. The molecule has 0 aliphatic carbocycles. The third-order valence-electron chi connectivity index (χ3n) is 3.53. The highest BCUT2D eigenvalue weighted by Gasteiger charge is 2.35. The number of nitrogens with zero attached hydrogens (tertiary/aromatic N) is 1. The predicted molar refractivity (Wildman–Crippen MR) is 79.8 cm³/mol. The highest BCUT2D eigenvalue weighted by Crippen LogP contribution is 2.23. The molecule has 7 heteroatoms. The van der Waals surface area contributed by atoms with Crippen LogP contribution in [0.15, 0.2) is 47.4 Å². The van der Waals surface area contributed by atoms with E-state index in [1.54, 1.807) is 30.3 Å². The molecule has 0 N–H and O–H groups in total. The Morgan fingerprint density at radius 2 is 1.91 bits per heavy atom. The van der Waals surface area contributed by atoms with Gasteiger partial charge in [-0.05, 0) is 18.6 Å². The van der Waals surface area contributed by atoms with E-state index in [1.807, 2.05) is 0 Å². The summed E-state index contributed by atoms with van der Waals surface area (Å²) in [5, 5.41) is -0.620. The van der Waals surface area contributed by atoms with Gasteiger partial charge in [-0.25, -0.2) is 13.2 Å². The molecule has 6 nitrogen and oxygen atoms in total. The molecule has 1 unspecified atom stereocenters. The second-order valence-corrected chi connectivity index (χ2v) is 7.14. The number of benzene rings is 1. The molecule has 2 rings (SSSR count). The third-order valence-corrected chi connectivity index (χ3v) is 5.72. The number of hydrogen-bond acceptors (Lipinski definition) is 5. The molecule has 0 bridgehead atoms. The van der Waals surface area contributed by atoms with Gasteiger partial charge >= 0.3 is 5.97 Å². The van der Waals surface area contributed by atoms with Crippen LogP contribution in [0.4, 0.5) is 0 Å². The lowest BCUT2D eigenvalue weighted by Gasteiger charge is -2.14. The maximum Gasteiger partial charge on any atom is 0.330 e. The number of carbonyl (C=O) groups is 2. The molecular formula is C15H17NO5S. The van der Waals surface area contributed by atoms with Gasteiger partial charge in [0, 0.05) is 25.2 Å². The van der Waals surface area contributed by atoms with E-state index in [0.29, 0.717) is 13.0 Å². The SMILES string of the molecule is COC(=O)/C=C/C(=O)N1CCC(S(=O)(=O)c2ccccc2)C1.